The van der Waals surface area contributed by atoms with Gasteiger partial charge in [0.25, 0.3) is 0 Å². The number of methoxy groups -OCH3 is 1. The molecule has 1 heterocycles. The lowest BCUT2D eigenvalue weighted by molar-refractivity contribution is 0.413. The van der Waals surface area contributed by atoms with Crippen LogP contribution < -0.4 is 21.3 Å². The number of anilines is 3. The van der Waals surface area contributed by atoms with Gasteiger partial charge in [-0.05, 0) is 18.6 Å². The van der Waals surface area contributed by atoms with E-state index >= 15 is 0 Å². The first-order valence-corrected chi connectivity index (χ1v) is 6.61. The fraction of sp³-hybridized carbons (Fsp3) is 0.286. The van der Waals surface area contributed by atoms with Gasteiger partial charge in [0.15, 0.2) is 0 Å². The topological polar surface area (TPSA) is 85.1 Å². The maximum Gasteiger partial charge on any atom is 0.145 e. The van der Waals surface area contributed by atoms with Gasteiger partial charge in [0.05, 0.1) is 12.8 Å². The number of nitrogens with two attached hydrogens (primary N) is 1. The number of rotatable bonds is 6. The highest BCUT2D eigenvalue weighted by Crippen LogP contribution is 2.28. The van der Waals surface area contributed by atoms with Gasteiger partial charge in [-0.25, -0.2) is 20.2 Å². The fourth-order valence-electron chi connectivity index (χ4n) is 1.88. The van der Waals surface area contributed by atoms with Crippen LogP contribution in [-0.4, -0.2) is 17.1 Å². The number of aryl methyl sites for hydroxylation is 1. The Labute approximate surface area is 122 Å². The van der Waals surface area contributed by atoms with Crippen LogP contribution in [0.25, 0.3) is 0 Å². The Morgan fingerprint density at radius 3 is 2.67 bits per heavy atom. The van der Waals surface area contributed by atoms with E-state index in [1.54, 1.807) is 12.1 Å². The van der Waals surface area contributed by atoms with Crippen LogP contribution in [0.4, 0.5) is 21.7 Å². The van der Waals surface area contributed by atoms with Crippen molar-refractivity contribution in [2.24, 2.45) is 5.84 Å². The molecular formula is C14H18FN5O. The van der Waals surface area contributed by atoms with Crippen molar-refractivity contribution in [1.82, 2.24) is 9.97 Å². The third-order valence-corrected chi connectivity index (χ3v) is 2.82. The largest absolute Gasteiger partial charge is 0.494 e. The third-order valence-electron chi connectivity index (χ3n) is 2.82. The van der Waals surface area contributed by atoms with Gasteiger partial charge in [-0.3, -0.25) is 0 Å². The summed E-state index contributed by atoms with van der Waals surface area (Å²) in [5.74, 6) is 7.19. The van der Waals surface area contributed by atoms with E-state index in [-0.39, 0.29) is 5.82 Å². The summed E-state index contributed by atoms with van der Waals surface area (Å²) in [5.41, 5.74) is 3.12. The predicted octanol–water partition coefficient (Wildman–Crippen LogP) is 2.61. The van der Waals surface area contributed by atoms with Gasteiger partial charge in [-0.15, -0.1) is 0 Å². The second kappa shape index (κ2) is 6.85. The molecule has 0 aliphatic heterocycles. The SMILES string of the molecule is CCCc1nc(NN)cc(Nc2ccc(F)cc2OC)n1. The summed E-state index contributed by atoms with van der Waals surface area (Å²) in [7, 11) is 1.48. The van der Waals surface area contributed by atoms with Gasteiger partial charge in [0, 0.05) is 18.6 Å². The number of nitrogen functional groups attached to an aromatic ring is 1. The number of hydrogen-bond donors (Lipinski definition) is 3. The minimum absolute atomic E-state index is 0.365. The molecule has 21 heavy (non-hydrogen) atoms. The molecule has 1 aromatic heterocycles. The minimum Gasteiger partial charge on any atom is -0.494 e. The summed E-state index contributed by atoms with van der Waals surface area (Å²) >= 11 is 0. The Morgan fingerprint density at radius 1 is 1.24 bits per heavy atom. The number of nitrogens with zero attached hydrogens (tertiary/aromatic N) is 2. The normalized spacial score (nSPS) is 10.3. The Kier molecular flexibility index (Phi) is 4.89. The van der Waals surface area contributed by atoms with Crippen LogP contribution in [0.1, 0.15) is 19.2 Å². The van der Waals surface area contributed by atoms with Crippen LogP contribution in [0.2, 0.25) is 0 Å². The van der Waals surface area contributed by atoms with Gasteiger partial charge in [-0.1, -0.05) is 6.92 Å². The van der Waals surface area contributed by atoms with Crippen LogP contribution in [0, 0.1) is 5.82 Å². The molecule has 0 amide bonds. The van der Waals surface area contributed by atoms with Gasteiger partial charge in [0.2, 0.25) is 0 Å². The molecule has 0 bridgehead atoms. The summed E-state index contributed by atoms with van der Waals surface area (Å²) in [6.45, 7) is 2.04. The maximum atomic E-state index is 13.2. The van der Waals surface area contributed by atoms with Crippen molar-refractivity contribution >= 4 is 17.3 Å². The van der Waals surface area contributed by atoms with Crippen LogP contribution in [-0.2, 0) is 6.42 Å². The molecule has 0 radical (unpaired) electrons. The van der Waals surface area contributed by atoms with Crippen molar-refractivity contribution in [3.63, 3.8) is 0 Å². The molecule has 112 valence electrons. The van der Waals surface area contributed by atoms with Gasteiger partial charge in [0.1, 0.15) is 29.0 Å². The Balaban J connectivity index is 2.32. The fourth-order valence-corrected chi connectivity index (χ4v) is 1.88. The minimum atomic E-state index is -0.365. The van der Waals surface area contributed by atoms with E-state index in [1.807, 2.05) is 6.92 Å². The predicted molar refractivity (Wildman–Crippen MR) is 80.1 cm³/mol. The first kappa shape index (κ1) is 15.0. The summed E-state index contributed by atoms with van der Waals surface area (Å²) < 4.78 is 18.3. The Bertz CT molecular complexity index is 620. The zero-order valence-electron chi connectivity index (χ0n) is 12.0. The van der Waals surface area contributed by atoms with E-state index in [0.29, 0.717) is 28.9 Å². The zero-order chi connectivity index (χ0) is 15.2. The van der Waals surface area contributed by atoms with Gasteiger partial charge in [-0.2, -0.15) is 0 Å². The molecule has 2 rings (SSSR count). The van der Waals surface area contributed by atoms with Crippen molar-refractivity contribution in [3.05, 3.63) is 35.9 Å². The highest BCUT2D eigenvalue weighted by atomic mass is 19.1. The summed E-state index contributed by atoms with van der Waals surface area (Å²) in [5, 5.41) is 3.09. The molecule has 2 aromatic rings. The molecule has 0 atom stereocenters. The number of halogens is 1. The summed E-state index contributed by atoms with van der Waals surface area (Å²) in [4.78, 5) is 8.66. The number of hydrogen-bond acceptors (Lipinski definition) is 6. The van der Waals surface area contributed by atoms with E-state index in [9.17, 15) is 4.39 Å². The zero-order valence-corrected chi connectivity index (χ0v) is 12.0. The number of hydrazine groups is 1. The first-order valence-electron chi connectivity index (χ1n) is 6.61. The molecule has 0 saturated heterocycles. The molecule has 4 N–H and O–H groups in total. The smallest absolute Gasteiger partial charge is 0.145 e. The number of aromatic nitrogens is 2. The van der Waals surface area contributed by atoms with Crippen molar-refractivity contribution in [2.45, 2.75) is 19.8 Å². The van der Waals surface area contributed by atoms with E-state index in [4.69, 9.17) is 10.6 Å². The van der Waals surface area contributed by atoms with E-state index < -0.39 is 0 Å². The van der Waals surface area contributed by atoms with E-state index in [0.717, 1.165) is 12.8 Å². The van der Waals surface area contributed by atoms with Crippen molar-refractivity contribution < 1.29 is 9.13 Å². The number of nitrogens with one attached hydrogen (secondary N) is 2. The molecule has 0 aliphatic carbocycles. The molecule has 0 spiro atoms. The molecule has 0 unspecified atom stereocenters. The lowest BCUT2D eigenvalue weighted by atomic mass is 10.2. The van der Waals surface area contributed by atoms with E-state index in [2.05, 4.69) is 20.7 Å². The molecule has 0 saturated carbocycles. The van der Waals surface area contributed by atoms with Crippen LogP contribution in [0.3, 0.4) is 0 Å². The second-order valence-electron chi connectivity index (χ2n) is 4.42. The number of benzene rings is 1. The molecular weight excluding hydrogens is 273 g/mol. The Hall–Kier alpha value is -2.41. The van der Waals surface area contributed by atoms with Crippen LogP contribution in [0.15, 0.2) is 24.3 Å². The average molecular weight is 291 g/mol. The quantitative estimate of drug-likeness (QED) is 0.560. The maximum absolute atomic E-state index is 13.2. The molecule has 1 aromatic carbocycles. The average Bonchev–Trinajstić information content (AvgIpc) is 2.49. The highest BCUT2D eigenvalue weighted by molar-refractivity contribution is 5.65. The lowest BCUT2D eigenvalue weighted by Crippen LogP contribution is -2.11. The van der Waals surface area contributed by atoms with Crippen molar-refractivity contribution in [3.8, 4) is 5.75 Å². The van der Waals surface area contributed by atoms with Gasteiger partial charge >= 0.3 is 0 Å². The standard InChI is InChI=1S/C14H18FN5O/c1-3-4-12-18-13(8-14(19-12)20-16)17-10-6-5-9(15)7-11(10)21-2/h5-8H,3-4,16H2,1-2H3,(H2,17,18,19,20). The van der Waals surface area contributed by atoms with E-state index in [1.165, 1.54) is 19.2 Å². The second-order valence-corrected chi connectivity index (χ2v) is 4.42. The van der Waals surface area contributed by atoms with Crippen LogP contribution in [0.5, 0.6) is 5.75 Å². The van der Waals surface area contributed by atoms with Crippen molar-refractivity contribution in [2.75, 3.05) is 17.9 Å². The lowest BCUT2D eigenvalue weighted by Gasteiger charge is -2.12. The van der Waals surface area contributed by atoms with Crippen LogP contribution >= 0.6 is 0 Å². The van der Waals surface area contributed by atoms with Crippen molar-refractivity contribution in [1.29, 1.82) is 0 Å². The molecule has 0 fully saturated rings. The highest BCUT2D eigenvalue weighted by Gasteiger charge is 2.08. The van der Waals surface area contributed by atoms with Gasteiger partial charge < -0.3 is 15.5 Å². The number of ether oxygens (including phenoxy) is 1. The molecule has 6 nitrogen and oxygen atoms in total. The first-order chi connectivity index (χ1) is 10.2. The molecule has 7 heteroatoms. The summed E-state index contributed by atoms with van der Waals surface area (Å²) in [6.07, 6.45) is 1.66. The summed E-state index contributed by atoms with van der Waals surface area (Å²) in [6, 6.07) is 5.91. The third kappa shape index (κ3) is 3.79. The monoisotopic (exact) mass is 291 g/mol. The molecule has 0 aliphatic rings. The Morgan fingerprint density at radius 2 is 2.00 bits per heavy atom.